The molecule has 1 fully saturated rings. The van der Waals surface area contributed by atoms with E-state index in [-0.39, 0.29) is 5.91 Å². The summed E-state index contributed by atoms with van der Waals surface area (Å²) >= 11 is 4.76. The molecule has 1 heterocycles. The summed E-state index contributed by atoms with van der Waals surface area (Å²) in [5, 5.41) is 0.541. The van der Waals surface area contributed by atoms with Gasteiger partial charge in [0.15, 0.2) is 16.7 Å². The number of hydrogen-bond donors (Lipinski definition) is 0. The fourth-order valence-electron chi connectivity index (χ4n) is 2.84. The molecule has 0 aliphatic carbocycles. The topological polar surface area (TPSA) is 77.4 Å². The van der Waals surface area contributed by atoms with Gasteiger partial charge in [-0.05, 0) is 82.7 Å². The van der Waals surface area contributed by atoms with Crippen LogP contribution in [-0.2, 0) is 9.53 Å². The number of halogens is 1. The summed E-state index contributed by atoms with van der Waals surface area (Å²) in [4.78, 5) is 30.9. The molecule has 1 amide bonds. The number of benzene rings is 2. The molecule has 0 spiro atoms. The third kappa shape index (κ3) is 5.11. The highest BCUT2D eigenvalue weighted by Gasteiger charge is 2.30. The first-order valence-electron chi connectivity index (χ1n) is 9.33. The summed E-state index contributed by atoms with van der Waals surface area (Å²) in [5.41, 5.74) is 1.86. The fourth-order valence-corrected chi connectivity index (χ4v) is 4.44. The normalized spacial score (nSPS) is 16.2. The second kappa shape index (κ2) is 10.0. The third-order valence-electron chi connectivity index (χ3n) is 4.35. The number of ether oxygens (including phenoxy) is 3. The predicted molar refractivity (Wildman–Crippen MR) is 125 cm³/mol. The molecule has 0 unspecified atom stereocenters. The first kappa shape index (κ1) is 22.9. The van der Waals surface area contributed by atoms with Crippen LogP contribution >= 0.6 is 27.7 Å². The van der Waals surface area contributed by atoms with Gasteiger partial charge in [0, 0.05) is 7.05 Å². The Kier molecular flexibility index (Phi) is 7.40. The van der Waals surface area contributed by atoms with Crippen molar-refractivity contribution in [2.75, 3.05) is 27.9 Å². The Morgan fingerprint density at radius 1 is 1.23 bits per heavy atom. The van der Waals surface area contributed by atoms with Gasteiger partial charge in [0.05, 0.1) is 41.5 Å². The quantitative estimate of drug-likeness (QED) is 0.412. The maximum atomic E-state index is 12.7. The standard InChI is InChI=1S/C22H21BrN2O5S/c1-5-30-17-11-13(10-16(23)19(17)28-3)12-18-20(26)25(2)22(31-18)24-15-8-6-14(7-9-15)21(27)29-4/h6-12H,5H2,1-4H3. The average molecular weight is 505 g/mol. The first-order valence-corrected chi connectivity index (χ1v) is 10.9. The second-order valence-electron chi connectivity index (χ2n) is 6.37. The molecule has 0 radical (unpaired) electrons. The number of carbonyl (C=O) groups excluding carboxylic acids is 2. The highest BCUT2D eigenvalue weighted by molar-refractivity contribution is 9.10. The average Bonchev–Trinajstić information content (AvgIpc) is 3.01. The van der Waals surface area contributed by atoms with E-state index >= 15 is 0 Å². The number of carbonyl (C=O) groups is 2. The number of methoxy groups -OCH3 is 2. The highest BCUT2D eigenvalue weighted by atomic mass is 79.9. The molecule has 1 aliphatic rings. The SMILES string of the molecule is CCOc1cc(C=C2SC(=Nc3ccc(C(=O)OC)cc3)N(C)C2=O)cc(Br)c1OC. The molecule has 7 nitrogen and oxygen atoms in total. The van der Waals surface area contributed by atoms with Crippen molar-refractivity contribution in [2.45, 2.75) is 6.92 Å². The van der Waals surface area contributed by atoms with E-state index in [2.05, 4.69) is 20.9 Å². The third-order valence-corrected chi connectivity index (χ3v) is 6.00. The van der Waals surface area contributed by atoms with Crippen molar-refractivity contribution >= 4 is 56.5 Å². The van der Waals surface area contributed by atoms with Crippen LogP contribution in [0.5, 0.6) is 11.5 Å². The van der Waals surface area contributed by atoms with E-state index in [4.69, 9.17) is 14.2 Å². The van der Waals surface area contributed by atoms with E-state index in [0.29, 0.717) is 39.4 Å². The Bertz CT molecular complexity index is 1070. The molecule has 0 atom stereocenters. The summed E-state index contributed by atoms with van der Waals surface area (Å²) in [5.74, 6) is 0.627. The molecule has 0 saturated carbocycles. The minimum Gasteiger partial charge on any atom is -0.492 e. The molecule has 2 aromatic carbocycles. The Labute approximate surface area is 193 Å². The van der Waals surface area contributed by atoms with Crippen LogP contribution in [0.25, 0.3) is 6.08 Å². The summed E-state index contributed by atoms with van der Waals surface area (Å²) in [6, 6.07) is 10.4. The molecule has 0 aromatic heterocycles. The summed E-state index contributed by atoms with van der Waals surface area (Å²) in [7, 11) is 4.58. The van der Waals surface area contributed by atoms with Gasteiger partial charge in [-0.2, -0.15) is 0 Å². The Hall–Kier alpha value is -2.78. The van der Waals surface area contributed by atoms with Gasteiger partial charge in [-0.3, -0.25) is 9.69 Å². The molecule has 1 saturated heterocycles. The van der Waals surface area contributed by atoms with Crippen molar-refractivity contribution in [3.05, 3.63) is 56.9 Å². The van der Waals surface area contributed by atoms with E-state index < -0.39 is 5.97 Å². The van der Waals surface area contributed by atoms with E-state index in [1.54, 1.807) is 44.5 Å². The number of nitrogens with zero attached hydrogens (tertiary/aromatic N) is 2. The zero-order valence-corrected chi connectivity index (χ0v) is 19.9. The van der Waals surface area contributed by atoms with Gasteiger partial charge in [-0.25, -0.2) is 9.79 Å². The number of amides is 1. The van der Waals surface area contributed by atoms with Gasteiger partial charge < -0.3 is 14.2 Å². The molecule has 9 heteroatoms. The van der Waals surface area contributed by atoms with Crippen molar-refractivity contribution in [1.82, 2.24) is 4.90 Å². The molecule has 31 heavy (non-hydrogen) atoms. The van der Waals surface area contributed by atoms with Crippen LogP contribution in [-0.4, -0.2) is 49.8 Å². The molecule has 0 bridgehead atoms. The van der Waals surface area contributed by atoms with Crippen LogP contribution in [0.2, 0.25) is 0 Å². The van der Waals surface area contributed by atoms with Crippen LogP contribution in [0.15, 0.2) is 50.8 Å². The van der Waals surface area contributed by atoms with Gasteiger partial charge in [-0.1, -0.05) is 0 Å². The lowest BCUT2D eigenvalue weighted by Gasteiger charge is -2.12. The lowest BCUT2D eigenvalue weighted by molar-refractivity contribution is -0.121. The largest absolute Gasteiger partial charge is 0.492 e. The monoisotopic (exact) mass is 504 g/mol. The Balaban J connectivity index is 1.88. The lowest BCUT2D eigenvalue weighted by atomic mass is 10.2. The van der Waals surface area contributed by atoms with Gasteiger partial charge in [0.1, 0.15) is 0 Å². The first-order chi connectivity index (χ1) is 14.9. The number of thioether (sulfide) groups is 1. The maximum absolute atomic E-state index is 12.7. The van der Waals surface area contributed by atoms with E-state index in [0.717, 1.165) is 10.0 Å². The predicted octanol–water partition coefficient (Wildman–Crippen LogP) is 4.88. The number of hydrogen-bond acceptors (Lipinski definition) is 7. The van der Waals surface area contributed by atoms with Gasteiger partial charge in [0.25, 0.3) is 5.91 Å². The van der Waals surface area contributed by atoms with Crippen molar-refractivity contribution in [3.8, 4) is 11.5 Å². The zero-order chi connectivity index (χ0) is 22.5. The van der Waals surface area contributed by atoms with Crippen molar-refractivity contribution in [3.63, 3.8) is 0 Å². The molecular weight excluding hydrogens is 484 g/mol. The van der Waals surface area contributed by atoms with Crippen molar-refractivity contribution in [2.24, 2.45) is 4.99 Å². The molecule has 2 aromatic rings. The summed E-state index contributed by atoms with van der Waals surface area (Å²) < 4.78 is 16.5. The molecule has 162 valence electrons. The minimum atomic E-state index is -0.413. The van der Waals surface area contributed by atoms with E-state index in [1.165, 1.54) is 23.8 Å². The number of likely N-dealkylation sites (N-methyl/N-ethyl adjacent to an activating group) is 1. The van der Waals surface area contributed by atoms with E-state index in [9.17, 15) is 9.59 Å². The molecule has 0 N–H and O–H groups in total. The Morgan fingerprint density at radius 2 is 1.94 bits per heavy atom. The highest BCUT2D eigenvalue weighted by Crippen LogP contribution is 2.39. The Morgan fingerprint density at radius 3 is 2.55 bits per heavy atom. The van der Waals surface area contributed by atoms with Gasteiger partial charge >= 0.3 is 5.97 Å². The van der Waals surface area contributed by atoms with Crippen LogP contribution in [0.4, 0.5) is 5.69 Å². The fraction of sp³-hybridized carbons (Fsp3) is 0.227. The number of rotatable bonds is 6. The summed E-state index contributed by atoms with van der Waals surface area (Å²) in [6.07, 6.45) is 1.79. The van der Waals surface area contributed by atoms with Crippen LogP contribution in [0, 0.1) is 0 Å². The number of aliphatic imine (C=N–C) groups is 1. The van der Waals surface area contributed by atoms with Crippen molar-refractivity contribution in [1.29, 1.82) is 0 Å². The number of esters is 1. The van der Waals surface area contributed by atoms with Gasteiger partial charge in [0.2, 0.25) is 0 Å². The van der Waals surface area contributed by atoms with Crippen LogP contribution in [0.3, 0.4) is 0 Å². The lowest BCUT2D eigenvalue weighted by Crippen LogP contribution is -2.23. The van der Waals surface area contributed by atoms with Gasteiger partial charge in [-0.15, -0.1) is 0 Å². The second-order valence-corrected chi connectivity index (χ2v) is 8.24. The smallest absolute Gasteiger partial charge is 0.337 e. The molecule has 3 rings (SSSR count). The zero-order valence-electron chi connectivity index (χ0n) is 17.5. The summed E-state index contributed by atoms with van der Waals surface area (Å²) in [6.45, 7) is 2.38. The van der Waals surface area contributed by atoms with E-state index in [1.807, 2.05) is 19.1 Å². The van der Waals surface area contributed by atoms with Crippen LogP contribution < -0.4 is 9.47 Å². The minimum absolute atomic E-state index is 0.153. The molecular formula is C22H21BrN2O5S. The van der Waals surface area contributed by atoms with Crippen molar-refractivity contribution < 1.29 is 23.8 Å². The maximum Gasteiger partial charge on any atom is 0.337 e. The molecule has 1 aliphatic heterocycles. The number of amidine groups is 1. The van der Waals surface area contributed by atoms with Crippen LogP contribution in [0.1, 0.15) is 22.8 Å².